The van der Waals surface area contributed by atoms with E-state index in [0.29, 0.717) is 29.6 Å². The van der Waals surface area contributed by atoms with Crippen molar-refractivity contribution in [1.29, 1.82) is 0 Å². The van der Waals surface area contributed by atoms with Crippen molar-refractivity contribution in [3.63, 3.8) is 0 Å². The van der Waals surface area contributed by atoms with Crippen molar-refractivity contribution < 1.29 is 14.3 Å². The van der Waals surface area contributed by atoms with Crippen molar-refractivity contribution in [1.82, 2.24) is 9.80 Å². The first-order chi connectivity index (χ1) is 13.1. The summed E-state index contributed by atoms with van der Waals surface area (Å²) >= 11 is 0. The Morgan fingerprint density at radius 3 is 2.59 bits per heavy atom. The van der Waals surface area contributed by atoms with Gasteiger partial charge < -0.3 is 14.5 Å². The van der Waals surface area contributed by atoms with Gasteiger partial charge >= 0.3 is 0 Å². The maximum absolute atomic E-state index is 13.0. The molecule has 3 aliphatic rings. The highest BCUT2D eigenvalue weighted by Crippen LogP contribution is 2.53. The Morgan fingerprint density at radius 1 is 1.15 bits per heavy atom. The Kier molecular flexibility index (Phi) is 5.11. The molecule has 5 nitrogen and oxygen atoms in total. The fourth-order valence-corrected chi connectivity index (χ4v) is 5.14. The number of benzene rings is 1. The molecule has 2 amide bonds. The van der Waals surface area contributed by atoms with Crippen LogP contribution in [0.25, 0.3) is 0 Å². The van der Waals surface area contributed by atoms with E-state index in [-0.39, 0.29) is 11.3 Å². The smallest absolute Gasteiger partial charge is 0.254 e. The summed E-state index contributed by atoms with van der Waals surface area (Å²) in [7, 11) is 1.62. The molecule has 0 bridgehead atoms. The van der Waals surface area contributed by atoms with Gasteiger partial charge in [-0.2, -0.15) is 0 Å². The van der Waals surface area contributed by atoms with Crippen molar-refractivity contribution in [3.8, 4) is 5.75 Å². The maximum Gasteiger partial charge on any atom is 0.254 e. The van der Waals surface area contributed by atoms with Gasteiger partial charge in [-0.15, -0.1) is 0 Å². The molecule has 2 saturated heterocycles. The molecule has 0 aromatic heterocycles. The number of hydrogen-bond acceptors (Lipinski definition) is 3. The van der Waals surface area contributed by atoms with Gasteiger partial charge in [-0.25, -0.2) is 0 Å². The molecule has 1 saturated carbocycles. The topological polar surface area (TPSA) is 49.9 Å². The van der Waals surface area contributed by atoms with Gasteiger partial charge in [-0.1, -0.05) is 12.5 Å². The van der Waals surface area contributed by atoms with Crippen LogP contribution in [-0.2, 0) is 4.79 Å². The summed E-state index contributed by atoms with van der Waals surface area (Å²) in [4.78, 5) is 29.5. The average Bonchev–Trinajstić information content (AvgIpc) is 3.33. The second-order valence-electron chi connectivity index (χ2n) is 8.46. The molecule has 1 atom stereocenters. The Morgan fingerprint density at radius 2 is 1.93 bits per heavy atom. The van der Waals surface area contributed by atoms with Gasteiger partial charge in [-0.3, -0.25) is 9.59 Å². The Hall–Kier alpha value is -2.04. The number of carbonyl (C=O) groups is 2. The summed E-state index contributed by atoms with van der Waals surface area (Å²) in [5.41, 5.74) is 0.942. The molecule has 0 N–H and O–H groups in total. The van der Waals surface area contributed by atoms with E-state index < -0.39 is 0 Å². The molecule has 2 heterocycles. The number of ether oxygens (including phenoxy) is 1. The highest BCUT2D eigenvalue weighted by Gasteiger charge is 2.51. The Labute approximate surface area is 161 Å². The zero-order valence-electron chi connectivity index (χ0n) is 16.3. The van der Waals surface area contributed by atoms with Crippen molar-refractivity contribution in [2.75, 3.05) is 33.3 Å². The minimum absolute atomic E-state index is 0.0912. The first-order valence-corrected chi connectivity index (χ1v) is 10.3. The van der Waals surface area contributed by atoms with Gasteiger partial charge in [-0.05, 0) is 61.6 Å². The van der Waals surface area contributed by atoms with Gasteiger partial charge in [0.2, 0.25) is 5.91 Å². The monoisotopic (exact) mass is 370 g/mol. The number of hydrogen-bond donors (Lipinski definition) is 0. The molecule has 1 aromatic rings. The molecule has 1 spiro atoms. The van der Waals surface area contributed by atoms with Gasteiger partial charge in [0.25, 0.3) is 5.91 Å². The van der Waals surface area contributed by atoms with Crippen LogP contribution >= 0.6 is 0 Å². The van der Waals surface area contributed by atoms with Crippen molar-refractivity contribution in [2.45, 2.75) is 44.9 Å². The number of rotatable bonds is 5. The molecule has 4 rings (SSSR count). The van der Waals surface area contributed by atoms with Crippen LogP contribution in [0.4, 0.5) is 0 Å². The third kappa shape index (κ3) is 3.56. The largest absolute Gasteiger partial charge is 0.497 e. The van der Waals surface area contributed by atoms with E-state index in [1.165, 1.54) is 19.3 Å². The third-order valence-electron chi connectivity index (χ3n) is 6.93. The van der Waals surface area contributed by atoms with Crippen LogP contribution < -0.4 is 4.74 Å². The predicted molar refractivity (Wildman–Crippen MR) is 104 cm³/mol. The number of carbonyl (C=O) groups excluding carboxylic acids is 2. The molecule has 0 radical (unpaired) electrons. The first-order valence-electron chi connectivity index (χ1n) is 10.3. The van der Waals surface area contributed by atoms with Crippen LogP contribution in [0.15, 0.2) is 24.3 Å². The maximum atomic E-state index is 13.0. The number of amides is 2. The molecule has 3 fully saturated rings. The summed E-state index contributed by atoms with van der Waals surface area (Å²) in [6.07, 6.45) is 7.46. The zero-order chi connectivity index (χ0) is 18.9. The number of methoxy groups -OCH3 is 1. The van der Waals surface area contributed by atoms with Crippen molar-refractivity contribution >= 4 is 11.8 Å². The lowest BCUT2D eigenvalue weighted by Gasteiger charge is -2.43. The first kappa shape index (κ1) is 18.3. The molecule has 5 heteroatoms. The van der Waals surface area contributed by atoms with Gasteiger partial charge in [0, 0.05) is 38.2 Å². The molecule has 2 aliphatic heterocycles. The fraction of sp³-hybridized carbons (Fsp3) is 0.636. The lowest BCUT2D eigenvalue weighted by molar-refractivity contribution is -0.130. The minimum Gasteiger partial charge on any atom is -0.497 e. The second-order valence-corrected chi connectivity index (χ2v) is 8.46. The average molecular weight is 370 g/mol. The van der Waals surface area contributed by atoms with E-state index >= 15 is 0 Å². The van der Waals surface area contributed by atoms with E-state index in [1.807, 2.05) is 34.1 Å². The van der Waals surface area contributed by atoms with E-state index in [4.69, 9.17) is 4.74 Å². The van der Waals surface area contributed by atoms with E-state index in [2.05, 4.69) is 0 Å². The van der Waals surface area contributed by atoms with Gasteiger partial charge in [0.05, 0.1) is 7.11 Å². The van der Waals surface area contributed by atoms with Crippen LogP contribution in [0.1, 0.15) is 55.3 Å². The van der Waals surface area contributed by atoms with E-state index in [9.17, 15) is 9.59 Å². The summed E-state index contributed by atoms with van der Waals surface area (Å²) in [5, 5.41) is 0. The lowest BCUT2D eigenvalue weighted by atomic mass is 9.62. The van der Waals surface area contributed by atoms with E-state index in [1.54, 1.807) is 7.11 Å². The summed E-state index contributed by atoms with van der Waals surface area (Å²) in [6.45, 7) is 3.47. The minimum atomic E-state index is 0.0912. The van der Waals surface area contributed by atoms with Crippen LogP contribution in [0.2, 0.25) is 0 Å². The zero-order valence-corrected chi connectivity index (χ0v) is 16.3. The molecule has 27 heavy (non-hydrogen) atoms. The normalized spacial score (nSPS) is 23.5. The standard InChI is InChI=1S/C22H30N2O3/c1-27-19-7-4-6-17(14-19)21(26)24-15-18(22(16-24)10-5-11-22)8-9-20(25)23-12-2-3-13-23/h4,6-7,14,18H,2-3,5,8-13,15-16H2,1H3. The van der Waals surface area contributed by atoms with E-state index in [0.717, 1.165) is 45.4 Å². The summed E-state index contributed by atoms with van der Waals surface area (Å²) in [6, 6.07) is 7.41. The molecule has 1 aromatic carbocycles. The molecule has 146 valence electrons. The van der Waals surface area contributed by atoms with Crippen molar-refractivity contribution in [2.24, 2.45) is 11.3 Å². The van der Waals surface area contributed by atoms with Gasteiger partial charge in [0.15, 0.2) is 0 Å². The molecular weight excluding hydrogens is 340 g/mol. The Bertz CT molecular complexity index is 707. The number of nitrogens with zero attached hydrogens (tertiary/aromatic N) is 2. The second kappa shape index (κ2) is 7.53. The summed E-state index contributed by atoms with van der Waals surface area (Å²) < 4.78 is 5.26. The van der Waals surface area contributed by atoms with Crippen LogP contribution in [0, 0.1) is 11.3 Å². The van der Waals surface area contributed by atoms with Crippen LogP contribution in [-0.4, -0.2) is 54.9 Å². The fourth-order valence-electron chi connectivity index (χ4n) is 5.14. The van der Waals surface area contributed by atoms with Gasteiger partial charge in [0.1, 0.15) is 5.75 Å². The van der Waals surface area contributed by atoms with Crippen LogP contribution in [0.5, 0.6) is 5.75 Å². The highest BCUT2D eigenvalue weighted by molar-refractivity contribution is 5.95. The van der Waals surface area contributed by atoms with Crippen molar-refractivity contribution in [3.05, 3.63) is 29.8 Å². The number of likely N-dealkylation sites (tertiary alicyclic amines) is 2. The highest BCUT2D eigenvalue weighted by atomic mass is 16.5. The molecule has 1 unspecified atom stereocenters. The predicted octanol–water partition coefficient (Wildman–Crippen LogP) is 3.34. The lowest BCUT2D eigenvalue weighted by Crippen LogP contribution is -2.39. The third-order valence-corrected chi connectivity index (χ3v) is 6.93. The molecular formula is C22H30N2O3. The van der Waals surface area contributed by atoms with Crippen LogP contribution in [0.3, 0.4) is 0 Å². The Balaban J connectivity index is 1.41. The molecule has 1 aliphatic carbocycles. The summed E-state index contributed by atoms with van der Waals surface area (Å²) in [5.74, 6) is 1.56. The quantitative estimate of drug-likeness (QED) is 0.799. The SMILES string of the molecule is COc1cccc(C(=O)N2CC(CCC(=O)N3CCCC3)C3(CCC3)C2)c1.